The van der Waals surface area contributed by atoms with Crippen molar-refractivity contribution in [2.75, 3.05) is 34.6 Å². The fraction of sp³-hybridized carbons (Fsp3) is 0.778. The first kappa shape index (κ1) is 14.8. The first-order valence-electron chi connectivity index (χ1n) is 4.45. The molecule has 0 spiro atoms. The molecule has 0 aliphatic carbocycles. The molecule has 0 aliphatic heterocycles. The van der Waals surface area contributed by atoms with Crippen LogP contribution in [0.1, 0.15) is 6.92 Å². The number of ether oxygens (including phenoxy) is 2. The van der Waals surface area contributed by atoms with Gasteiger partial charge in [-0.1, -0.05) is 6.08 Å². The summed E-state index contributed by atoms with van der Waals surface area (Å²) in [5.41, 5.74) is 0.828. The fourth-order valence-corrected chi connectivity index (χ4v) is 2.00. The summed E-state index contributed by atoms with van der Waals surface area (Å²) in [6.45, 7) is 1.83. The molecule has 0 saturated carbocycles. The van der Waals surface area contributed by atoms with Crippen LogP contribution in [0.3, 0.4) is 0 Å². The normalized spacial score (nSPS) is 13.6. The molecule has 6 heteroatoms. The third-order valence-corrected chi connectivity index (χ3v) is 3.74. The smallest absolute Gasteiger partial charge is 0.333 e. The standard InChI is InChI=1S/C9H19O5P/c1-8(9(11-2)12-3)6-7-15(10,13-4)14-5/h6,9H,7H2,1-5H3. The summed E-state index contributed by atoms with van der Waals surface area (Å²) in [6.07, 6.45) is 1.51. The summed E-state index contributed by atoms with van der Waals surface area (Å²) in [5, 5.41) is 0. The lowest BCUT2D eigenvalue weighted by molar-refractivity contribution is -0.0747. The van der Waals surface area contributed by atoms with E-state index in [4.69, 9.17) is 18.5 Å². The van der Waals surface area contributed by atoms with Crippen LogP contribution in [0.4, 0.5) is 0 Å². The topological polar surface area (TPSA) is 54.0 Å². The van der Waals surface area contributed by atoms with Crippen molar-refractivity contribution in [2.24, 2.45) is 0 Å². The van der Waals surface area contributed by atoms with Crippen LogP contribution in [0.25, 0.3) is 0 Å². The Balaban J connectivity index is 4.44. The van der Waals surface area contributed by atoms with Crippen LogP contribution in [0.5, 0.6) is 0 Å². The minimum Gasteiger partial charge on any atom is -0.352 e. The zero-order chi connectivity index (χ0) is 11.9. The van der Waals surface area contributed by atoms with Gasteiger partial charge >= 0.3 is 7.60 Å². The van der Waals surface area contributed by atoms with Gasteiger partial charge in [-0.25, -0.2) is 0 Å². The Labute approximate surface area is 90.9 Å². The number of hydrogen-bond donors (Lipinski definition) is 0. The predicted octanol–water partition coefficient (Wildman–Crippen LogP) is 2.04. The Morgan fingerprint density at radius 3 is 2.00 bits per heavy atom. The number of allylic oxidation sites excluding steroid dienone is 1. The van der Waals surface area contributed by atoms with E-state index in [0.29, 0.717) is 0 Å². The van der Waals surface area contributed by atoms with Gasteiger partial charge in [0.25, 0.3) is 0 Å². The minimum absolute atomic E-state index is 0.203. The first-order chi connectivity index (χ1) is 7.02. The van der Waals surface area contributed by atoms with E-state index in [2.05, 4.69) is 0 Å². The molecular formula is C9H19O5P. The molecule has 0 aromatic heterocycles. The van der Waals surface area contributed by atoms with Crippen molar-refractivity contribution in [3.05, 3.63) is 11.6 Å². The van der Waals surface area contributed by atoms with Crippen LogP contribution >= 0.6 is 7.60 Å². The van der Waals surface area contributed by atoms with Crippen LogP contribution in [-0.2, 0) is 23.1 Å². The summed E-state index contributed by atoms with van der Waals surface area (Å²) in [6, 6.07) is 0. The van der Waals surface area contributed by atoms with Gasteiger partial charge in [-0.3, -0.25) is 4.57 Å². The van der Waals surface area contributed by atoms with E-state index in [1.807, 2.05) is 6.92 Å². The molecule has 0 heterocycles. The summed E-state index contributed by atoms with van der Waals surface area (Å²) in [7, 11) is 2.81. The summed E-state index contributed by atoms with van der Waals surface area (Å²) in [5.74, 6) is 0. The molecule has 5 nitrogen and oxygen atoms in total. The van der Waals surface area contributed by atoms with Gasteiger partial charge in [0.05, 0.1) is 6.16 Å². The van der Waals surface area contributed by atoms with Gasteiger partial charge < -0.3 is 18.5 Å². The molecule has 0 aromatic carbocycles. The molecule has 0 fully saturated rings. The van der Waals surface area contributed by atoms with E-state index in [-0.39, 0.29) is 6.16 Å². The molecule has 0 atom stereocenters. The molecule has 0 bridgehead atoms. The lowest BCUT2D eigenvalue weighted by Crippen LogP contribution is -2.14. The van der Waals surface area contributed by atoms with Gasteiger partial charge in [0.2, 0.25) is 0 Å². The first-order valence-corrected chi connectivity index (χ1v) is 6.18. The molecule has 0 aliphatic rings. The quantitative estimate of drug-likeness (QED) is 0.386. The average molecular weight is 238 g/mol. The lowest BCUT2D eigenvalue weighted by atomic mass is 10.3. The van der Waals surface area contributed by atoms with Gasteiger partial charge in [0.15, 0.2) is 6.29 Å². The minimum atomic E-state index is -2.98. The molecule has 0 N–H and O–H groups in total. The van der Waals surface area contributed by atoms with E-state index < -0.39 is 13.9 Å². The molecule has 0 rings (SSSR count). The van der Waals surface area contributed by atoms with Crippen molar-refractivity contribution in [2.45, 2.75) is 13.2 Å². The van der Waals surface area contributed by atoms with Gasteiger partial charge in [-0.15, -0.1) is 0 Å². The highest BCUT2D eigenvalue weighted by molar-refractivity contribution is 7.54. The van der Waals surface area contributed by atoms with Crippen molar-refractivity contribution < 1.29 is 23.1 Å². The lowest BCUT2D eigenvalue weighted by Gasteiger charge is -2.15. The third-order valence-electron chi connectivity index (χ3n) is 1.99. The van der Waals surface area contributed by atoms with E-state index in [1.165, 1.54) is 28.4 Å². The fourth-order valence-electron chi connectivity index (χ4n) is 1.04. The molecule has 0 amide bonds. The largest absolute Gasteiger partial charge is 0.352 e. The summed E-state index contributed by atoms with van der Waals surface area (Å²) < 4.78 is 31.3. The molecule has 15 heavy (non-hydrogen) atoms. The van der Waals surface area contributed by atoms with Crippen molar-refractivity contribution >= 4 is 7.60 Å². The maximum atomic E-state index is 11.7. The maximum Gasteiger partial charge on any atom is 0.333 e. The Hall–Kier alpha value is -0.190. The molecular weight excluding hydrogens is 219 g/mol. The van der Waals surface area contributed by atoms with Crippen LogP contribution in [0.15, 0.2) is 11.6 Å². The predicted molar refractivity (Wildman–Crippen MR) is 58.1 cm³/mol. The van der Waals surface area contributed by atoms with Crippen LogP contribution in [-0.4, -0.2) is 40.9 Å². The highest BCUT2D eigenvalue weighted by atomic mass is 31.2. The Bertz CT molecular complexity index is 239. The molecule has 0 saturated heterocycles. The summed E-state index contributed by atoms with van der Waals surface area (Å²) in [4.78, 5) is 0. The number of hydrogen-bond acceptors (Lipinski definition) is 5. The van der Waals surface area contributed by atoms with Crippen molar-refractivity contribution in [3.8, 4) is 0 Å². The Kier molecular flexibility index (Phi) is 7.05. The van der Waals surface area contributed by atoms with Crippen LogP contribution in [0, 0.1) is 0 Å². The second-order valence-corrected chi connectivity index (χ2v) is 5.23. The highest BCUT2D eigenvalue weighted by Gasteiger charge is 2.19. The van der Waals surface area contributed by atoms with Crippen molar-refractivity contribution in [1.82, 2.24) is 0 Å². The number of rotatable bonds is 7. The summed E-state index contributed by atoms with van der Waals surface area (Å²) >= 11 is 0. The highest BCUT2D eigenvalue weighted by Crippen LogP contribution is 2.46. The van der Waals surface area contributed by atoms with Gasteiger partial charge in [0.1, 0.15) is 0 Å². The van der Waals surface area contributed by atoms with E-state index in [9.17, 15) is 4.57 Å². The van der Waals surface area contributed by atoms with Crippen molar-refractivity contribution in [1.29, 1.82) is 0 Å². The second-order valence-electron chi connectivity index (χ2n) is 2.91. The van der Waals surface area contributed by atoms with Crippen LogP contribution in [0.2, 0.25) is 0 Å². The molecule has 0 unspecified atom stereocenters. The Morgan fingerprint density at radius 1 is 1.20 bits per heavy atom. The average Bonchev–Trinajstić information content (AvgIpc) is 2.27. The van der Waals surface area contributed by atoms with E-state index in [1.54, 1.807) is 6.08 Å². The van der Waals surface area contributed by atoms with Gasteiger partial charge in [-0.2, -0.15) is 0 Å². The van der Waals surface area contributed by atoms with Crippen molar-refractivity contribution in [3.63, 3.8) is 0 Å². The SMILES string of the molecule is COC(OC)C(C)=CCP(=O)(OC)OC. The molecule has 0 aromatic rings. The van der Waals surface area contributed by atoms with Crippen LogP contribution < -0.4 is 0 Å². The number of methoxy groups -OCH3 is 2. The van der Waals surface area contributed by atoms with E-state index >= 15 is 0 Å². The maximum absolute atomic E-state index is 11.7. The van der Waals surface area contributed by atoms with E-state index in [0.717, 1.165) is 5.57 Å². The third kappa shape index (κ3) is 4.91. The van der Waals surface area contributed by atoms with Gasteiger partial charge in [0, 0.05) is 28.4 Å². The second kappa shape index (κ2) is 7.14. The van der Waals surface area contributed by atoms with Gasteiger partial charge in [-0.05, 0) is 12.5 Å². The molecule has 0 radical (unpaired) electrons. The Morgan fingerprint density at radius 2 is 1.67 bits per heavy atom. The zero-order valence-electron chi connectivity index (χ0n) is 9.85. The monoisotopic (exact) mass is 238 g/mol. The molecule has 90 valence electrons. The zero-order valence-corrected chi connectivity index (χ0v) is 10.7.